The number of rotatable bonds is 6. The van der Waals surface area contributed by atoms with Crippen LogP contribution < -0.4 is 10.6 Å². The van der Waals surface area contributed by atoms with E-state index in [0.717, 1.165) is 12.1 Å². The Morgan fingerprint density at radius 1 is 1.38 bits per heavy atom. The van der Waals surface area contributed by atoms with Gasteiger partial charge in [-0.05, 0) is 38.5 Å². The van der Waals surface area contributed by atoms with Crippen LogP contribution in [0.3, 0.4) is 0 Å². The van der Waals surface area contributed by atoms with Crippen molar-refractivity contribution in [3.63, 3.8) is 0 Å². The SMILES string of the molecule is CCCNC(=O)[C@@H](C)NC(=O)c1cnn(-c2cccc(Cl)c2)c1C. The smallest absolute Gasteiger partial charge is 0.255 e. The maximum atomic E-state index is 12.4. The molecule has 24 heavy (non-hydrogen) atoms. The van der Waals surface area contributed by atoms with E-state index in [9.17, 15) is 9.59 Å². The fourth-order valence-electron chi connectivity index (χ4n) is 2.24. The first-order valence-electron chi connectivity index (χ1n) is 7.83. The van der Waals surface area contributed by atoms with E-state index >= 15 is 0 Å². The van der Waals surface area contributed by atoms with E-state index in [-0.39, 0.29) is 11.8 Å². The lowest BCUT2D eigenvalue weighted by Gasteiger charge is -2.13. The molecule has 1 atom stereocenters. The number of aromatic nitrogens is 2. The average Bonchev–Trinajstić information content (AvgIpc) is 2.94. The molecule has 2 rings (SSSR count). The molecule has 0 radical (unpaired) electrons. The number of benzene rings is 1. The van der Waals surface area contributed by atoms with Crippen LogP contribution in [-0.2, 0) is 4.79 Å². The molecule has 2 amide bonds. The first kappa shape index (κ1) is 18.0. The highest BCUT2D eigenvalue weighted by atomic mass is 35.5. The summed E-state index contributed by atoms with van der Waals surface area (Å²) >= 11 is 6.00. The second-order valence-electron chi connectivity index (χ2n) is 5.52. The van der Waals surface area contributed by atoms with Gasteiger partial charge in [-0.1, -0.05) is 24.6 Å². The Morgan fingerprint density at radius 2 is 2.12 bits per heavy atom. The van der Waals surface area contributed by atoms with Gasteiger partial charge in [0, 0.05) is 11.6 Å². The molecule has 0 unspecified atom stereocenters. The summed E-state index contributed by atoms with van der Waals surface area (Å²) in [4.78, 5) is 24.3. The first-order chi connectivity index (χ1) is 11.4. The number of halogens is 1. The predicted octanol–water partition coefficient (Wildman–Crippen LogP) is 2.48. The molecule has 2 aromatic rings. The summed E-state index contributed by atoms with van der Waals surface area (Å²) in [6, 6.07) is 6.60. The summed E-state index contributed by atoms with van der Waals surface area (Å²) in [6.45, 7) is 6.01. The van der Waals surface area contributed by atoms with Gasteiger partial charge in [-0.3, -0.25) is 9.59 Å². The van der Waals surface area contributed by atoms with Gasteiger partial charge in [0.1, 0.15) is 6.04 Å². The van der Waals surface area contributed by atoms with E-state index in [2.05, 4.69) is 15.7 Å². The third-order valence-corrected chi connectivity index (χ3v) is 3.83. The molecule has 7 heteroatoms. The Morgan fingerprint density at radius 3 is 2.79 bits per heavy atom. The second-order valence-corrected chi connectivity index (χ2v) is 5.96. The quantitative estimate of drug-likeness (QED) is 0.842. The summed E-state index contributed by atoms with van der Waals surface area (Å²) in [6.07, 6.45) is 2.33. The molecule has 0 bridgehead atoms. The zero-order chi connectivity index (χ0) is 17.7. The minimum Gasteiger partial charge on any atom is -0.354 e. The van der Waals surface area contributed by atoms with Crippen LogP contribution in [0.2, 0.25) is 5.02 Å². The fraction of sp³-hybridized carbons (Fsp3) is 0.353. The van der Waals surface area contributed by atoms with E-state index in [1.54, 1.807) is 30.7 Å². The van der Waals surface area contributed by atoms with Crippen molar-refractivity contribution in [1.82, 2.24) is 20.4 Å². The lowest BCUT2D eigenvalue weighted by molar-refractivity contribution is -0.122. The van der Waals surface area contributed by atoms with Gasteiger partial charge in [0.2, 0.25) is 5.91 Å². The van der Waals surface area contributed by atoms with Crippen LogP contribution in [-0.4, -0.2) is 34.2 Å². The standard InChI is InChI=1S/C17H21ClN4O2/c1-4-8-19-16(23)11(2)21-17(24)15-10-20-22(12(15)3)14-7-5-6-13(18)9-14/h5-7,9-11H,4,8H2,1-3H3,(H,19,23)(H,21,24)/t11-/m1/s1. The number of amides is 2. The van der Waals surface area contributed by atoms with Gasteiger partial charge in [0.25, 0.3) is 5.91 Å². The Hall–Kier alpha value is -2.34. The van der Waals surface area contributed by atoms with Crippen molar-refractivity contribution in [1.29, 1.82) is 0 Å². The van der Waals surface area contributed by atoms with E-state index in [4.69, 9.17) is 11.6 Å². The van der Waals surface area contributed by atoms with Crippen LogP contribution in [0.5, 0.6) is 0 Å². The second kappa shape index (κ2) is 7.97. The minimum absolute atomic E-state index is 0.204. The molecule has 1 heterocycles. The van der Waals surface area contributed by atoms with E-state index in [0.29, 0.717) is 22.8 Å². The van der Waals surface area contributed by atoms with Gasteiger partial charge < -0.3 is 10.6 Å². The first-order valence-corrected chi connectivity index (χ1v) is 8.21. The van der Waals surface area contributed by atoms with Gasteiger partial charge in [0.15, 0.2) is 0 Å². The molecular weight excluding hydrogens is 328 g/mol. The number of carbonyl (C=O) groups is 2. The van der Waals surface area contributed by atoms with Crippen LogP contribution in [0.1, 0.15) is 36.3 Å². The van der Waals surface area contributed by atoms with Crippen molar-refractivity contribution in [2.24, 2.45) is 0 Å². The summed E-state index contributed by atoms with van der Waals surface area (Å²) in [7, 11) is 0. The number of nitrogens with zero attached hydrogens (tertiary/aromatic N) is 2. The van der Waals surface area contributed by atoms with Gasteiger partial charge in [-0.2, -0.15) is 5.10 Å². The molecular formula is C17H21ClN4O2. The molecule has 1 aromatic heterocycles. The normalized spacial score (nSPS) is 11.8. The predicted molar refractivity (Wildman–Crippen MR) is 93.5 cm³/mol. The van der Waals surface area contributed by atoms with Crippen LogP contribution in [0.25, 0.3) is 5.69 Å². The lowest BCUT2D eigenvalue weighted by atomic mass is 10.2. The van der Waals surface area contributed by atoms with Gasteiger partial charge in [-0.15, -0.1) is 0 Å². The Kier molecular flexibility index (Phi) is 5.98. The molecule has 0 aliphatic rings. The van der Waals surface area contributed by atoms with Gasteiger partial charge in [-0.25, -0.2) is 4.68 Å². The summed E-state index contributed by atoms with van der Waals surface area (Å²) < 4.78 is 1.64. The highest BCUT2D eigenvalue weighted by Gasteiger charge is 2.20. The molecule has 0 spiro atoms. The van der Waals surface area contributed by atoms with E-state index in [1.165, 1.54) is 6.20 Å². The van der Waals surface area contributed by atoms with Crippen molar-refractivity contribution in [2.75, 3.05) is 6.54 Å². The Bertz CT molecular complexity index is 742. The number of hydrogen-bond acceptors (Lipinski definition) is 3. The zero-order valence-electron chi connectivity index (χ0n) is 14.0. The van der Waals surface area contributed by atoms with Crippen molar-refractivity contribution < 1.29 is 9.59 Å². The molecule has 0 saturated carbocycles. The topological polar surface area (TPSA) is 76.0 Å². The molecule has 0 aliphatic heterocycles. The van der Waals surface area contributed by atoms with Crippen molar-refractivity contribution in [3.8, 4) is 5.69 Å². The van der Waals surface area contributed by atoms with Crippen molar-refractivity contribution >= 4 is 23.4 Å². The molecule has 128 valence electrons. The molecule has 0 aliphatic carbocycles. The third kappa shape index (κ3) is 4.14. The number of hydrogen-bond donors (Lipinski definition) is 2. The number of carbonyl (C=O) groups excluding carboxylic acids is 2. The molecule has 2 N–H and O–H groups in total. The van der Waals surface area contributed by atoms with Crippen molar-refractivity contribution in [2.45, 2.75) is 33.2 Å². The maximum absolute atomic E-state index is 12.4. The van der Waals surface area contributed by atoms with Crippen LogP contribution >= 0.6 is 11.6 Å². The number of nitrogens with one attached hydrogen (secondary N) is 2. The summed E-state index contributed by atoms with van der Waals surface area (Å²) in [5.74, 6) is -0.537. The molecule has 6 nitrogen and oxygen atoms in total. The highest BCUT2D eigenvalue weighted by Crippen LogP contribution is 2.18. The third-order valence-electron chi connectivity index (χ3n) is 3.60. The Balaban J connectivity index is 2.13. The minimum atomic E-state index is -0.613. The molecule has 0 fully saturated rings. The van der Waals surface area contributed by atoms with Crippen LogP contribution in [0.4, 0.5) is 0 Å². The zero-order valence-corrected chi connectivity index (χ0v) is 14.7. The highest BCUT2D eigenvalue weighted by molar-refractivity contribution is 6.30. The largest absolute Gasteiger partial charge is 0.354 e. The molecule has 1 aromatic carbocycles. The lowest BCUT2D eigenvalue weighted by Crippen LogP contribution is -2.45. The fourth-order valence-corrected chi connectivity index (χ4v) is 2.43. The monoisotopic (exact) mass is 348 g/mol. The van der Waals surface area contributed by atoms with Crippen LogP contribution in [0.15, 0.2) is 30.5 Å². The summed E-state index contributed by atoms with van der Waals surface area (Å²) in [5, 5.41) is 10.3. The van der Waals surface area contributed by atoms with Crippen LogP contribution in [0, 0.1) is 6.92 Å². The van der Waals surface area contributed by atoms with Crippen molar-refractivity contribution in [3.05, 3.63) is 46.7 Å². The van der Waals surface area contributed by atoms with Gasteiger partial charge in [0.05, 0.1) is 23.1 Å². The Labute approximate surface area is 146 Å². The van der Waals surface area contributed by atoms with Gasteiger partial charge >= 0.3 is 0 Å². The average molecular weight is 349 g/mol. The molecule has 0 saturated heterocycles. The maximum Gasteiger partial charge on any atom is 0.255 e. The van der Waals surface area contributed by atoms with E-state index in [1.807, 2.05) is 19.1 Å². The van der Waals surface area contributed by atoms with E-state index < -0.39 is 6.04 Å². The summed E-state index contributed by atoms with van der Waals surface area (Å²) in [5.41, 5.74) is 1.87.